The van der Waals surface area contributed by atoms with Gasteiger partial charge >= 0.3 is 0 Å². The van der Waals surface area contributed by atoms with Crippen LogP contribution in [0.25, 0.3) is 0 Å². The van der Waals surface area contributed by atoms with Crippen molar-refractivity contribution in [1.82, 2.24) is 0 Å². The van der Waals surface area contributed by atoms with Gasteiger partial charge in [0.05, 0.1) is 0 Å². The first-order valence-electron chi connectivity index (χ1n) is 3.88. The lowest BCUT2D eigenvalue weighted by molar-refractivity contribution is 1.48. The lowest BCUT2D eigenvalue weighted by Gasteiger charge is -1.84. The van der Waals surface area contributed by atoms with Gasteiger partial charge in [-0.25, -0.2) is 4.99 Å². The number of nitrogens with zero attached hydrogens (tertiary/aromatic N) is 1. The summed E-state index contributed by atoms with van der Waals surface area (Å²) in [7, 11) is 0. The second-order valence-electron chi connectivity index (χ2n) is 1.54. The highest BCUT2D eigenvalue weighted by Crippen LogP contribution is 1.76. The maximum absolute atomic E-state index is 5.38. The number of hydrogen-bond donors (Lipinski definition) is 1. The Bertz CT molecular complexity index is 144. The van der Waals surface area contributed by atoms with Gasteiger partial charge < -0.3 is 5.73 Å². The maximum atomic E-state index is 5.38. The van der Waals surface area contributed by atoms with Gasteiger partial charge in [-0.15, -0.1) is 0 Å². The quantitative estimate of drug-likeness (QED) is 0.481. The van der Waals surface area contributed by atoms with Crippen molar-refractivity contribution in [2.45, 2.75) is 27.7 Å². The van der Waals surface area contributed by atoms with Gasteiger partial charge in [-0.2, -0.15) is 0 Å². The minimum absolute atomic E-state index is 0.538. The minimum atomic E-state index is 0.538. The average Bonchev–Trinajstić information content (AvgIpc) is 2.05. The van der Waals surface area contributed by atoms with Gasteiger partial charge in [0.1, 0.15) is 5.84 Å². The van der Waals surface area contributed by atoms with Crippen molar-refractivity contribution in [3.8, 4) is 0 Å². The van der Waals surface area contributed by atoms with E-state index in [1.54, 1.807) is 12.3 Å². The molecule has 0 saturated carbocycles. The van der Waals surface area contributed by atoms with E-state index in [1.165, 1.54) is 0 Å². The largest absolute Gasteiger partial charge is 0.384 e. The molecule has 2 nitrogen and oxygen atoms in total. The van der Waals surface area contributed by atoms with Crippen LogP contribution in [0.5, 0.6) is 0 Å². The molecule has 0 bridgehead atoms. The molecule has 0 aromatic rings. The van der Waals surface area contributed by atoms with Crippen LogP contribution in [0.4, 0.5) is 0 Å². The molecule has 0 heterocycles. The molecule has 64 valence electrons. The molecular formula is C9H18N2. The van der Waals surface area contributed by atoms with Crippen LogP contribution in [-0.4, -0.2) is 5.84 Å². The Morgan fingerprint density at radius 3 is 2.09 bits per heavy atom. The second kappa shape index (κ2) is 11.7. The molecule has 0 spiro atoms. The zero-order valence-corrected chi connectivity index (χ0v) is 7.83. The smallest absolute Gasteiger partial charge is 0.122 e. The van der Waals surface area contributed by atoms with Crippen LogP contribution in [-0.2, 0) is 0 Å². The van der Waals surface area contributed by atoms with Crippen molar-refractivity contribution < 1.29 is 0 Å². The van der Waals surface area contributed by atoms with E-state index in [2.05, 4.69) is 4.99 Å². The number of allylic oxidation sites excluding steroid dienone is 2. The van der Waals surface area contributed by atoms with Crippen LogP contribution >= 0.6 is 0 Å². The molecule has 0 radical (unpaired) electrons. The molecule has 2 N–H and O–H groups in total. The molecule has 0 saturated heterocycles. The third-order valence-corrected chi connectivity index (χ3v) is 0.710. The Hall–Kier alpha value is -1.05. The topological polar surface area (TPSA) is 38.4 Å². The fraction of sp³-hybridized carbons (Fsp3) is 0.444. The van der Waals surface area contributed by atoms with Crippen LogP contribution in [0.3, 0.4) is 0 Å². The molecule has 0 aromatic heterocycles. The molecule has 0 atom stereocenters. The monoisotopic (exact) mass is 154 g/mol. The molecular weight excluding hydrogens is 136 g/mol. The van der Waals surface area contributed by atoms with E-state index in [1.807, 2.05) is 39.8 Å². The summed E-state index contributed by atoms with van der Waals surface area (Å²) in [6.45, 7) is 7.80. The molecule has 0 aliphatic carbocycles. The summed E-state index contributed by atoms with van der Waals surface area (Å²) in [5, 5.41) is 0. The van der Waals surface area contributed by atoms with Gasteiger partial charge in [-0.3, -0.25) is 0 Å². The van der Waals surface area contributed by atoms with Crippen molar-refractivity contribution in [2.75, 3.05) is 0 Å². The van der Waals surface area contributed by atoms with E-state index in [0.717, 1.165) is 0 Å². The molecule has 0 aliphatic rings. The second-order valence-corrected chi connectivity index (χ2v) is 1.54. The molecule has 0 fully saturated rings. The Morgan fingerprint density at radius 2 is 1.73 bits per heavy atom. The number of aliphatic imine (C=N–C) groups is 1. The third-order valence-electron chi connectivity index (χ3n) is 0.710. The van der Waals surface area contributed by atoms with E-state index in [-0.39, 0.29) is 0 Å². The number of amidine groups is 1. The Kier molecular flexibility index (Phi) is 13.4. The van der Waals surface area contributed by atoms with E-state index >= 15 is 0 Å². The van der Waals surface area contributed by atoms with Crippen molar-refractivity contribution in [3.63, 3.8) is 0 Å². The predicted octanol–water partition coefficient (Wildman–Crippen LogP) is 2.48. The van der Waals surface area contributed by atoms with Gasteiger partial charge in [-0.1, -0.05) is 26.0 Å². The molecule has 0 aliphatic heterocycles. The van der Waals surface area contributed by atoms with Gasteiger partial charge in [0.15, 0.2) is 0 Å². The van der Waals surface area contributed by atoms with Crippen LogP contribution in [0.1, 0.15) is 27.7 Å². The molecule has 0 amide bonds. The summed E-state index contributed by atoms with van der Waals surface area (Å²) in [5.74, 6) is 0.538. The van der Waals surface area contributed by atoms with E-state index in [9.17, 15) is 0 Å². The van der Waals surface area contributed by atoms with Crippen molar-refractivity contribution in [2.24, 2.45) is 10.7 Å². The zero-order valence-electron chi connectivity index (χ0n) is 7.83. The molecule has 11 heavy (non-hydrogen) atoms. The zero-order chi connectivity index (χ0) is 9.11. The van der Waals surface area contributed by atoms with Gasteiger partial charge in [0.2, 0.25) is 0 Å². The number of hydrogen-bond acceptors (Lipinski definition) is 1. The summed E-state index contributed by atoms with van der Waals surface area (Å²) in [5.41, 5.74) is 5.38. The lowest BCUT2D eigenvalue weighted by Crippen LogP contribution is -2.05. The maximum Gasteiger partial charge on any atom is 0.122 e. The molecule has 0 rings (SSSR count). The van der Waals surface area contributed by atoms with Crippen LogP contribution in [0.15, 0.2) is 29.4 Å². The Balaban J connectivity index is 0. The highest BCUT2D eigenvalue weighted by atomic mass is 14.8. The first-order chi connectivity index (χ1) is 5.31. The molecule has 0 aromatic carbocycles. The summed E-state index contributed by atoms with van der Waals surface area (Å²) in [6.07, 6.45) is 7.09. The van der Waals surface area contributed by atoms with Crippen LogP contribution in [0.2, 0.25) is 0 Å². The van der Waals surface area contributed by atoms with E-state index in [0.29, 0.717) is 5.84 Å². The van der Waals surface area contributed by atoms with Crippen LogP contribution in [0, 0.1) is 0 Å². The summed E-state index contributed by atoms with van der Waals surface area (Å²) < 4.78 is 0. The summed E-state index contributed by atoms with van der Waals surface area (Å²) in [4.78, 5) is 3.86. The number of rotatable bonds is 2. The minimum Gasteiger partial charge on any atom is -0.384 e. The number of nitrogens with two attached hydrogens (primary N) is 1. The van der Waals surface area contributed by atoms with Crippen LogP contribution < -0.4 is 5.73 Å². The first kappa shape index (κ1) is 12.6. The van der Waals surface area contributed by atoms with Crippen molar-refractivity contribution in [3.05, 3.63) is 24.4 Å². The summed E-state index contributed by atoms with van der Waals surface area (Å²) >= 11 is 0. The highest BCUT2D eigenvalue weighted by Gasteiger charge is 1.74. The standard InChI is InChI=1S/C7H12N2.C2H6/c1-3-5-7(8)9-6-4-2;1-2/h3-6H,1-2H3,(H2,8,9);1-2H3/b5-3-,6-4-;. The molecule has 2 heteroatoms. The Labute approximate surface area is 69.5 Å². The average molecular weight is 154 g/mol. The molecule has 0 unspecified atom stereocenters. The van der Waals surface area contributed by atoms with E-state index in [4.69, 9.17) is 5.73 Å². The van der Waals surface area contributed by atoms with Crippen molar-refractivity contribution >= 4 is 5.84 Å². The van der Waals surface area contributed by atoms with Gasteiger partial charge in [0, 0.05) is 6.20 Å². The fourth-order valence-corrected chi connectivity index (χ4v) is 0.374. The fourth-order valence-electron chi connectivity index (χ4n) is 0.374. The van der Waals surface area contributed by atoms with Gasteiger partial charge in [-0.05, 0) is 19.9 Å². The first-order valence-corrected chi connectivity index (χ1v) is 3.88. The SMILES string of the molecule is CC.C\C=C/N=C(N)\C=C/C. The Morgan fingerprint density at radius 1 is 1.18 bits per heavy atom. The summed E-state index contributed by atoms with van der Waals surface area (Å²) in [6, 6.07) is 0. The third kappa shape index (κ3) is 12.2. The lowest BCUT2D eigenvalue weighted by atomic mass is 10.5. The van der Waals surface area contributed by atoms with E-state index < -0.39 is 0 Å². The highest BCUT2D eigenvalue weighted by molar-refractivity contribution is 5.91. The normalized spacial score (nSPS) is 11.8. The van der Waals surface area contributed by atoms with Crippen molar-refractivity contribution in [1.29, 1.82) is 0 Å². The predicted molar refractivity (Wildman–Crippen MR) is 52.6 cm³/mol. The van der Waals surface area contributed by atoms with Gasteiger partial charge in [0.25, 0.3) is 0 Å².